The van der Waals surface area contributed by atoms with Crippen molar-refractivity contribution in [1.82, 2.24) is 9.62 Å². The van der Waals surface area contributed by atoms with Gasteiger partial charge >= 0.3 is 10.2 Å². The highest BCUT2D eigenvalue weighted by Crippen LogP contribution is 2.40. The van der Waals surface area contributed by atoms with Gasteiger partial charge in [-0.15, -0.1) is 0 Å². The number of aliphatic imine (C=N–C) groups is 1. The lowest BCUT2D eigenvalue weighted by atomic mass is 9.86. The first kappa shape index (κ1) is 24.9. The number of phenolic OH excluding ortho intramolecular Hbond substituents is 1. The van der Waals surface area contributed by atoms with E-state index in [0.717, 1.165) is 51.7 Å². The molecule has 3 aliphatic rings. The largest absolute Gasteiger partial charge is 0.506 e. The minimum atomic E-state index is -4.22. The number of benzene rings is 1. The van der Waals surface area contributed by atoms with Crippen LogP contribution in [0.4, 0.5) is 10.1 Å². The molecule has 1 saturated heterocycles. The number of hydrogen-bond acceptors (Lipinski definition) is 6. The van der Waals surface area contributed by atoms with Crippen LogP contribution < -0.4 is 9.03 Å². The number of nitrogens with zero attached hydrogens (tertiary/aromatic N) is 3. The average Bonchev–Trinajstić information content (AvgIpc) is 3.06. The Kier molecular flexibility index (Phi) is 7.47. The van der Waals surface area contributed by atoms with Crippen molar-refractivity contribution in [3.05, 3.63) is 23.0 Å². The first-order valence-electron chi connectivity index (χ1n) is 12.3. The predicted octanol–water partition coefficient (Wildman–Crippen LogP) is 2.93. The molecule has 1 fully saturated rings. The van der Waals surface area contributed by atoms with E-state index in [1.165, 1.54) is 18.2 Å². The van der Waals surface area contributed by atoms with Gasteiger partial charge in [0.05, 0.1) is 0 Å². The lowest BCUT2D eigenvalue weighted by Gasteiger charge is -2.36. The Morgan fingerprint density at radius 1 is 1.29 bits per heavy atom. The molecule has 1 atom stereocenters. The van der Waals surface area contributed by atoms with Gasteiger partial charge in [0, 0.05) is 24.8 Å². The number of anilines is 1. The molecule has 1 aliphatic carbocycles. The summed E-state index contributed by atoms with van der Waals surface area (Å²) in [6.45, 7) is 6.54. The molecular weight excluding hydrogens is 459 g/mol. The third kappa shape index (κ3) is 5.38. The van der Waals surface area contributed by atoms with Crippen LogP contribution in [-0.4, -0.2) is 62.3 Å². The number of hydrogen-bond donors (Lipinski definition) is 2. The maximum atomic E-state index is 15.7. The van der Waals surface area contributed by atoms with E-state index >= 15 is 4.39 Å². The van der Waals surface area contributed by atoms with E-state index < -0.39 is 39.9 Å². The van der Waals surface area contributed by atoms with Crippen LogP contribution in [0.2, 0.25) is 0 Å². The van der Waals surface area contributed by atoms with Gasteiger partial charge in [0.15, 0.2) is 5.82 Å². The number of aryl methyl sites for hydroxylation is 1. The minimum Gasteiger partial charge on any atom is -0.506 e. The number of carbonyl (C=O) groups is 1. The number of rotatable bonds is 8. The first-order chi connectivity index (χ1) is 16.2. The summed E-state index contributed by atoms with van der Waals surface area (Å²) in [5.74, 6) is -1.40. The van der Waals surface area contributed by atoms with Crippen LogP contribution in [0.15, 0.2) is 11.1 Å². The number of aromatic hydroxyl groups is 1. The van der Waals surface area contributed by atoms with Gasteiger partial charge < -0.3 is 5.11 Å². The molecule has 0 radical (unpaired) electrons. The number of amides is 1. The molecule has 10 heteroatoms. The monoisotopic (exact) mass is 494 g/mol. The van der Waals surface area contributed by atoms with Crippen LogP contribution in [0, 0.1) is 11.7 Å². The fraction of sp³-hybridized carbons (Fsp3) is 0.667. The van der Waals surface area contributed by atoms with Crippen LogP contribution in [-0.2, 0) is 27.8 Å². The van der Waals surface area contributed by atoms with Gasteiger partial charge in [0.2, 0.25) is 0 Å². The maximum absolute atomic E-state index is 15.7. The van der Waals surface area contributed by atoms with Crippen molar-refractivity contribution in [3.8, 4) is 5.75 Å². The number of fused-ring (bicyclic) bond motifs is 1. The summed E-state index contributed by atoms with van der Waals surface area (Å²) < 4.78 is 42.8. The Morgan fingerprint density at radius 2 is 2.09 bits per heavy atom. The molecule has 1 aromatic rings. The van der Waals surface area contributed by atoms with E-state index in [1.54, 1.807) is 0 Å². The molecule has 0 bridgehead atoms. The van der Waals surface area contributed by atoms with Crippen LogP contribution in [0.25, 0.3) is 0 Å². The Hall–Kier alpha value is -2.20. The second-order valence-corrected chi connectivity index (χ2v) is 11.6. The van der Waals surface area contributed by atoms with Gasteiger partial charge in [-0.2, -0.15) is 8.42 Å². The zero-order chi connectivity index (χ0) is 24.5. The number of phenols is 1. The summed E-state index contributed by atoms with van der Waals surface area (Å²) in [6.07, 6.45) is 7.25. The van der Waals surface area contributed by atoms with Crippen molar-refractivity contribution < 1.29 is 22.7 Å². The van der Waals surface area contributed by atoms with Crippen molar-refractivity contribution in [3.63, 3.8) is 0 Å². The smallest absolute Gasteiger partial charge is 0.326 e. The van der Waals surface area contributed by atoms with Crippen LogP contribution >= 0.6 is 0 Å². The van der Waals surface area contributed by atoms with Gasteiger partial charge in [-0.05, 0) is 81.0 Å². The molecule has 34 heavy (non-hydrogen) atoms. The molecule has 0 spiro atoms. The molecule has 4 rings (SSSR count). The lowest BCUT2D eigenvalue weighted by molar-refractivity contribution is -0.117. The Bertz CT molecular complexity index is 1070. The van der Waals surface area contributed by atoms with Gasteiger partial charge in [-0.25, -0.2) is 13.4 Å². The van der Waals surface area contributed by atoms with E-state index in [9.17, 15) is 18.3 Å². The summed E-state index contributed by atoms with van der Waals surface area (Å²) in [7, 11) is -4.22. The van der Waals surface area contributed by atoms with Crippen LogP contribution in [0.1, 0.15) is 63.5 Å². The SMILES string of the molecule is CC(C)CCN(CCC1=NCCCC1)C1CCc2cc(O)c(N3CC(=O)NS3(=O)=O)c(F)c2C1. The normalized spacial score (nSPS) is 22.1. The zero-order valence-electron chi connectivity index (χ0n) is 20.0. The predicted molar refractivity (Wildman–Crippen MR) is 130 cm³/mol. The Balaban J connectivity index is 1.58. The molecule has 0 aromatic heterocycles. The van der Waals surface area contributed by atoms with E-state index in [0.29, 0.717) is 34.2 Å². The van der Waals surface area contributed by atoms with Crippen molar-refractivity contribution in [2.75, 3.05) is 30.5 Å². The summed E-state index contributed by atoms with van der Waals surface area (Å²) in [5.41, 5.74) is 1.96. The van der Waals surface area contributed by atoms with Crippen molar-refractivity contribution in [2.45, 2.75) is 71.3 Å². The zero-order valence-corrected chi connectivity index (χ0v) is 20.8. The van der Waals surface area contributed by atoms with Crippen molar-refractivity contribution >= 4 is 27.5 Å². The Labute approximate surface area is 201 Å². The molecular formula is C24H35FN4O4S. The summed E-state index contributed by atoms with van der Waals surface area (Å²) >= 11 is 0. The maximum Gasteiger partial charge on any atom is 0.326 e. The third-order valence-electron chi connectivity index (χ3n) is 7.08. The molecule has 188 valence electrons. The molecule has 1 unspecified atom stereocenters. The van der Waals surface area contributed by atoms with Crippen molar-refractivity contribution in [2.24, 2.45) is 10.9 Å². The van der Waals surface area contributed by atoms with Gasteiger partial charge in [0.1, 0.15) is 18.0 Å². The Morgan fingerprint density at radius 3 is 2.74 bits per heavy atom. The fourth-order valence-electron chi connectivity index (χ4n) is 5.15. The molecule has 1 amide bonds. The highest BCUT2D eigenvalue weighted by molar-refractivity contribution is 7.92. The topological polar surface area (TPSA) is 102 Å². The first-order valence-corrected chi connectivity index (χ1v) is 13.7. The second kappa shape index (κ2) is 10.2. The molecule has 2 N–H and O–H groups in total. The van der Waals surface area contributed by atoms with Crippen molar-refractivity contribution in [1.29, 1.82) is 0 Å². The summed E-state index contributed by atoms with van der Waals surface area (Å²) in [6, 6.07) is 1.58. The van der Waals surface area contributed by atoms with E-state index in [1.807, 2.05) is 4.72 Å². The van der Waals surface area contributed by atoms with Gasteiger partial charge in [-0.3, -0.25) is 14.7 Å². The minimum absolute atomic E-state index is 0.122. The number of carbonyl (C=O) groups excluding carboxylic acids is 1. The van der Waals surface area contributed by atoms with E-state index in [-0.39, 0.29) is 6.04 Å². The summed E-state index contributed by atoms with van der Waals surface area (Å²) in [4.78, 5) is 18.8. The molecule has 0 saturated carbocycles. The van der Waals surface area contributed by atoms with E-state index in [4.69, 9.17) is 0 Å². The van der Waals surface area contributed by atoms with Crippen LogP contribution in [0.3, 0.4) is 0 Å². The van der Waals surface area contributed by atoms with Crippen LogP contribution in [0.5, 0.6) is 5.75 Å². The van der Waals surface area contributed by atoms with E-state index in [2.05, 4.69) is 23.7 Å². The van der Waals surface area contributed by atoms with Gasteiger partial charge in [0.25, 0.3) is 5.91 Å². The fourth-order valence-corrected chi connectivity index (χ4v) is 6.31. The highest BCUT2D eigenvalue weighted by atomic mass is 32.2. The molecule has 2 aliphatic heterocycles. The quantitative estimate of drug-likeness (QED) is 0.579. The molecule has 2 heterocycles. The average molecular weight is 495 g/mol. The third-order valence-corrected chi connectivity index (χ3v) is 8.45. The summed E-state index contributed by atoms with van der Waals surface area (Å²) in [5, 5.41) is 10.5. The molecule has 8 nitrogen and oxygen atoms in total. The van der Waals surface area contributed by atoms with Gasteiger partial charge in [-0.1, -0.05) is 13.8 Å². The number of nitrogens with one attached hydrogen (secondary N) is 1. The standard InChI is InChI=1S/C24H35FN4O4S/c1-16(2)8-11-28(12-9-18-5-3-4-10-26-18)19-7-6-17-13-21(30)24(23(25)20(17)14-19)29-15-22(31)27-34(29,32)33/h13,16,19,30H,3-12,14-15H2,1-2H3,(H,27,31). The second-order valence-electron chi connectivity index (χ2n) is 10.0. The number of halogens is 1. The lowest BCUT2D eigenvalue weighted by Crippen LogP contribution is -2.42. The highest BCUT2D eigenvalue weighted by Gasteiger charge is 2.39. The molecule has 1 aromatic carbocycles.